The molecule has 0 aliphatic carbocycles. The Labute approximate surface area is 114 Å². The van der Waals surface area contributed by atoms with E-state index in [2.05, 4.69) is 15.9 Å². The number of nitrogens with two attached hydrogens (primary N) is 1. The number of nitrogens with zero attached hydrogens (tertiary/aromatic N) is 1. The molecule has 0 aliphatic heterocycles. The van der Waals surface area contributed by atoms with Gasteiger partial charge in [0.25, 0.3) is 0 Å². The van der Waals surface area contributed by atoms with E-state index in [9.17, 15) is 9.59 Å². The van der Waals surface area contributed by atoms with Gasteiger partial charge in [-0.1, -0.05) is 28.1 Å². The summed E-state index contributed by atoms with van der Waals surface area (Å²) in [6.45, 7) is 1.31. The van der Waals surface area contributed by atoms with E-state index in [4.69, 9.17) is 5.73 Å². The van der Waals surface area contributed by atoms with Crippen molar-refractivity contribution in [3.63, 3.8) is 0 Å². The Morgan fingerprint density at radius 2 is 1.94 bits per heavy atom. The van der Waals surface area contributed by atoms with E-state index in [0.717, 1.165) is 16.6 Å². The summed E-state index contributed by atoms with van der Waals surface area (Å²) >= 11 is 3.37. The Morgan fingerprint density at radius 3 is 2.50 bits per heavy atom. The maximum atomic E-state index is 11.2. The molecule has 0 heterocycles. The molecule has 0 unspecified atom stereocenters. The molecule has 0 radical (unpaired) electrons. The van der Waals surface area contributed by atoms with Crippen LogP contribution in [0.3, 0.4) is 0 Å². The third kappa shape index (κ3) is 5.79. The monoisotopic (exact) mass is 313 g/mol. The second-order valence-corrected chi connectivity index (χ2v) is 4.94. The van der Waals surface area contributed by atoms with E-state index < -0.39 is 6.03 Å². The zero-order valence-corrected chi connectivity index (χ0v) is 11.7. The Hall–Kier alpha value is -1.40. The fourth-order valence-corrected chi connectivity index (χ4v) is 1.74. The van der Waals surface area contributed by atoms with Gasteiger partial charge in [0.1, 0.15) is 0 Å². The summed E-state index contributed by atoms with van der Waals surface area (Å²) in [6, 6.07) is 7.18. The summed E-state index contributed by atoms with van der Waals surface area (Å²) in [6.07, 6.45) is 0.246. The van der Waals surface area contributed by atoms with E-state index >= 15 is 0 Å². The standard InChI is InChI=1S/C12H16BrN3O2/c1-16(7-6-11(17)15-12(14)18)8-9-2-4-10(13)5-3-9/h2-5H,6-8H2,1H3,(H3,14,15,17,18). The van der Waals surface area contributed by atoms with E-state index in [1.54, 1.807) is 0 Å². The van der Waals surface area contributed by atoms with Crippen LogP contribution in [0.15, 0.2) is 28.7 Å². The van der Waals surface area contributed by atoms with Crippen LogP contribution in [0.2, 0.25) is 0 Å². The number of halogens is 1. The fourth-order valence-electron chi connectivity index (χ4n) is 1.47. The molecule has 3 amide bonds. The van der Waals surface area contributed by atoms with Crippen LogP contribution in [0.5, 0.6) is 0 Å². The third-order valence-electron chi connectivity index (χ3n) is 2.35. The second kappa shape index (κ2) is 7.13. The van der Waals surface area contributed by atoms with Gasteiger partial charge in [-0.05, 0) is 24.7 Å². The van der Waals surface area contributed by atoms with Crippen molar-refractivity contribution in [1.29, 1.82) is 0 Å². The largest absolute Gasteiger partial charge is 0.351 e. The molecule has 0 saturated heterocycles. The number of nitrogens with one attached hydrogen (secondary N) is 1. The lowest BCUT2D eigenvalue weighted by molar-refractivity contribution is -0.120. The SMILES string of the molecule is CN(CCC(=O)NC(N)=O)Cc1ccc(Br)cc1. The van der Waals surface area contributed by atoms with Crippen molar-refractivity contribution < 1.29 is 9.59 Å². The first kappa shape index (κ1) is 14.7. The number of benzene rings is 1. The molecule has 3 N–H and O–H groups in total. The van der Waals surface area contributed by atoms with Crippen LogP contribution in [0.25, 0.3) is 0 Å². The van der Waals surface area contributed by atoms with Crippen molar-refractivity contribution >= 4 is 27.9 Å². The highest BCUT2D eigenvalue weighted by atomic mass is 79.9. The van der Waals surface area contributed by atoms with Crippen molar-refractivity contribution in [2.75, 3.05) is 13.6 Å². The van der Waals surface area contributed by atoms with Gasteiger partial charge in [0.2, 0.25) is 5.91 Å². The van der Waals surface area contributed by atoms with Crippen molar-refractivity contribution in [1.82, 2.24) is 10.2 Å². The number of hydrogen-bond donors (Lipinski definition) is 2. The van der Waals surface area contributed by atoms with Crippen LogP contribution < -0.4 is 11.1 Å². The Bertz CT molecular complexity index is 420. The first-order chi connectivity index (χ1) is 8.47. The Kier molecular flexibility index (Phi) is 5.80. The van der Waals surface area contributed by atoms with Gasteiger partial charge in [-0.2, -0.15) is 0 Å². The summed E-state index contributed by atoms with van der Waals surface area (Å²) < 4.78 is 1.04. The molecule has 0 spiro atoms. The molecule has 5 nitrogen and oxygen atoms in total. The molecule has 0 saturated carbocycles. The summed E-state index contributed by atoms with van der Waals surface area (Å²) in [5, 5.41) is 2.04. The topological polar surface area (TPSA) is 75.4 Å². The average Bonchev–Trinajstić information content (AvgIpc) is 2.29. The molecule has 98 valence electrons. The minimum Gasteiger partial charge on any atom is -0.351 e. The van der Waals surface area contributed by atoms with E-state index in [1.807, 2.05) is 41.5 Å². The van der Waals surface area contributed by atoms with Crippen LogP contribution in [-0.2, 0) is 11.3 Å². The van der Waals surface area contributed by atoms with Gasteiger partial charge < -0.3 is 10.6 Å². The number of imide groups is 1. The number of carbonyl (C=O) groups is 2. The van der Waals surface area contributed by atoms with Crippen LogP contribution in [0, 0.1) is 0 Å². The molecule has 0 atom stereocenters. The lowest BCUT2D eigenvalue weighted by atomic mass is 10.2. The maximum absolute atomic E-state index is 11.2. The summed E-state index contributed by atoms with van der Waals surface area (Å²) in [4.78, 5) is 23.7. The van der Waals surface area contributed by atoms with Crippen molar-refractivity contribution in [3.8, 4) is 0 Å². The first-order valence-electron chi connectivity index (χ1n) is 5.49. The lowest BCUT2D eigenvalue weighted by Crippen LogP contribution is -2.36. The van der Waals surface area contributed by atoms with E-state index in [0.29, 0.717) is 6.54 Å². The summed E-state index contributed by atoms with van der Waals surface area (Å²) in [7, 11) is 1.92. The second-order valence-electron chi connectivity index (χ2n) is 4.03. The number of hydrogen-bond acceptors (Lipinski definition) is 3. The number of carbonyl (C=O) groups excluding carboxylic acids is 2. The zero-order valence-electron chi connectivity index (χ0n) is 10.1. The molecular formula is C12H16BrN3O2. The van der Waals surface area contributed by atoms with Gasteiger partial charge in [-0.25, -0.2) is 4.79 Å². The number of urea groups is 1. The average molecular weight is 314 g/mol. The molecule has 1 aromatic rings. The lowest BCUT2D eigenvalue weighted by Gasteiger charge is -2.16. The number of rotatable bonds is 5. The van der Waals surface area contributed by atoms with E-state index in [1.165, 1.54) is 0 Å². The van der Waals surface area contributed by atoms with E-state index in [-0.39, 0.29) is 12.3 Å². The van der Waals surface area contributed by atoms with Crippen LogP contribution >= 0.6 is 15.9 Å². The van der Waals surface area contributed by atoms with Crippen LogP contribution in [0.1, 0.15) is 12.0 Å². The minimum absolute atomic E-state index is 0.246. The maximum Gasteiger partial charge on any atom is 0.318 e. The van der Waals surface area contributed by atoms with Crippen LogP contribution in [0.4, 0.5) is 4.79 Å². The van der Waals surface area contributed by atoms with Crippen LogP contribution in [-0.4, -0.2) is 30.4 Å². The number of primary amides is 1. The molecule has 0 aromatic heterocycles. The summed E-state index contributed by atoms with van der Waals surface area (Å²) in [5.41, 5.74) is 6.01. The van der Waals surface area contributed by atoms with Gasteiger partial charge in [-0.3, -0.25) is 10.1 Å². The fraction of sp³-hybridized carbons (Fsp3) is 0.333. The van der Waals surface area contributed by atoms with Gasteiger partial charge in [-0.15, -0.1) is 0 Å². The first-order valence-corrected chi connectivity index (χ1v) is 6.29. The smallest absolute Gasteiger partial charge is 0.318 e. The highest BCUT2D eigenvalue weighted by Crippen LogP contribution is 2.11. The highest BCUT2D eigenvalue weighted by Gasteiger charge is 2.06. The zero-order chi connectivity index (χ0) is 13.5. The predicted octanol–water partition coefficient (Wildman–Crippen LogP) is 1.47. The van der Waals surface area contributed by atoms with Crippen molar-refractivity contribution in [3.05, 3.63) is 34.3 Å². The molecule has 0 fully saturated rings. The molecular weight excluding hydrogens is 298 g/mol. The third-order valence-corrected chi connectivity index (χ3v) is 2.88. The molecule has 18 heavy (non-hydrogen) atoms. The Morgan fingerprint density at radius 1 is 1.33 bits per heavy atom. The van der Waals surface area contributed by atoms with Gasteiger partial charge in [0, 0.05) is 24.0 Å². The van der Waals surface area contributed by atoms with Gasteiger partial charge in [0.05, 0.1) is 0 Å². The molecule has 1 aromatic carbocycles. The molecule has 1 rings (SSSR count). The normalized spacial score (nSPS) is 10.4. The van der Waals surface area contributed by atoms with Gasteiger partial charge >= 0.3 is 6.03 Å². The van der Waals surface area contributed by atoms with Gasteiger partial charge in [0.15, 0.2) is 0 Å². The predicted molar refractivity (Wildman–Crippen MR) is 72.8 cm³/mol. The minimum atomic E-state index is -0.810. The Balaban J connectivity index is 2.33. The molecule has 0 bridgehead atoms. The van der Waals surface area contributed by atoms with Crippen molar-refractivity contribution in [2.24, 2.45) is 5.73 Å². The number of amides is 3. The highest BCUT2D eigenvalue weighted by molar-refractivity contribution is 9.10. The molecule has 0 aliphatic rings. The molecule has 6 heteroatoms. The quantitative estimate of drug-likeness (QED) is 0.864. The summed E-state index contributed by atoms with van der Waals surface area (Å²) in [5.74, 6) is -0.356. The van der Waals surface area contributed by atoms with Crippen molar-refractivity contribution in [2.45, 2.75) is 13.0 Å².